The van der Waals surface area contributed by atoms with Crippen molar-refractivity contribution in [2.45, 2.75) is 25.2 Å². The average molecular weight is 374 g/mol. The Kier molecular flexibility index (Phi) is 3.77. The highest BCUT2D eigenvalue weighted by Crippen LogP contribution is 2.46. The van der Waals surface area contributed by atoms with Gasteiger partial charge in [0.25, 0.3) is 0 Å². The molecule has 2 fully saturated rings. The Morgan fingerprint density at radius 1 is 1.19 bits per heavy atom. The monoisotopic (exact) mass is 374 g/mol. The van der Waals surface area contributed by atoms with Gasteiger partial charge in [-0.25, -0.2) is 0 Å². The number of fused-ring (bicyclic) bond motifs is 2. The van der Waals surface area contributed by atoms with Gasteiger partial charge in [-0.15, -0.1) is 0 Å². The molecule has 2 saturated heterocycles. The third kappa shape index (κ3) is 2.73. The third-order valence-electron chi connectivity index (χ3n) is 5.86. The number of aromatic hydroxyl groups is 2. The Morgan fingerprint density at radius 2 is 2.07 bits per heavy atom. The average Bonchev–Trinajstić information content (AvgIpc) is 3.26. The van der Waals surface area contributed by atoms with Crippen LogP contribution in [0.1, 0.15) is 13.3 Å². The summed E-state index contributed by atoms with van der Waals surface area (Å²) in [6.45, 7) is 3.26. The minimum atomic E-state index is -0.858. The van der Waals surface area contributed by atoms with Crippen LogP contribution in [0, 0.1) is 17.8 Å². The van der Waals surface area contributed by atoms with E-state index in [1.54, 1.807) is 6.07 Å². The van der Waals surface area contributed by atoms with E-state index in [0.717, 1.165) is 11.5 Å². The molecule has 0 saturated carbocycles. The molecule has 2 N–H and O–H groups in total. The molecule has 0 radical (unpaired) electrons. The lowest BCUT2D eigenvalue weighted by Gasteiger charge is -2.40. The first-order valence-corrected chi connectivity index (χ1v) is 9.19. The van der Waals surface area contributed by atoms with E-state index in [2.05, 4.69) is 13.0 Å². The normalized spacial score (nSPS) is 36.9. The Labute approximate surface area is 156 Å². The predicted octanol–water partition coefficient (Wildman–Crippen LogP) is 2.65. The zero-order valence-corrected chi connectivity index (χ0v) is 15.0. The summed E-state index contributed by atoms with van der Waals surface area (Å²) < 4.78 is 29.3. The van der Waals surface area contributed by atoms with Crippen molar-refractivity contribution < 1.29 is 33.9 Å². The summed E-state index contributed by atoms with van der Waals surface area (Å²) in [5.74, 6) is 1.46. The van der Waals surface area contributed by atoms with Crippen molar-refractivity contribution in [1.82, 2.24) is 0 Å². The lowest BCUT2D eigenvalue weighted by atomic mass is 9.77. The van der Waals surface area contributed by atoms with Crippen molar-refractivity contribution in [1.29, 1.82) is 0 Å². The molecule has 1 aromatic rings. The zero-order chi connectivity index (χ0) is 18.6. The molecular formula is C20H22O7. The first kappa shape index (κ1) is 16.8. The summed E-state index contributed by atoms with van der Waals surface area (Å²) >= 11 is 0. The molecule has 4 aliphatic rings. The number of phenolic OH excluding ortho intramolecular Hbond substituents is 2. The summed E-state index contributed by atoms with van der Waals surface area (Å²) in [7, 11) is 0. The van der Waals surface area contributed by atoms with E-state index in [-0.39, 0.29) is 42.1 Å². The largest absolute Gasteiger partial charge is 0.504 e. The van der Waals surface area contributed by atoms with Gasteiger partial charge < -0.3 is 33.9 Å². The van der Waals surface area contributed by atoms with Crippen LogP contribution < -0.4 is 4.74 Å². The molecule has 0 spiro atoms. The number of benzene rings is 1. The second-order valence-electron chi connectivity index (χ2n) is 7.57. The molecule has 7 nitrogen and oxygen atoms in total. The van der Waals surface area contributed by atoms with Gasteiger partial charge >= 0.3 is 0 Å². The maximum absolute atomic E-state index is 9.68. The highest BCUT2D eigenvalue weighted by molar-refractivity contribution is 5.43. The van der Waals surface area contributed by atoms with Crippen LogP contribution in [0.3, 0.4) is 0 Å². The number of rotatable bonds is 3. The van der Waals surface area contributed by atoms with Crippen molar-refractivity contribution in [3.8, 4) is 17.2 Å². The van der Waals surface area contributed by atoms with Crippen molar-refractivity contribution in [3.05, 3.63) is 41.9 Å². The van der Waals surface area contributed by atoms with Crippen molar-refractivity contribution in [2.24, 2.45) is 17.8 Å². The molecule has 5 unspecified atom stereocenters. The van der Waals surface area contributed by atoms with Gasteiger partial charge in [-0.05, 0) is 18.2 Å². The Balaban J connectivity index is 1.30. The van der Waals surface area contributed by atoms with Crippen LogP contribution >= 0.6 is 0 Å². The molecule has 2 bridgehead atoms. The minimum absolute atomic E-state index is 0.0157. The number of phenols is 2. The van der Waals surface area contributed by atoms with Gasteiger partial charge in [-0.1, -0.05) is 13.0 Å². The van der Waals surface area contributed by atoms with E-state index in [9.17, 15) is 10.2 Å². The lowest BCUT2D eigenvalue weighted by Crippen LogP contribution is -2.48. The Bertz CT molecular complexity index is 817. The van der Waals surface area contributed by atoms with Crippen LogP contribution in [-0.2, 0) is 18.9 Å². The van der Waals surface area contributed by atoms with Crippen LogP contribution in [0.5, 0.6) is 17.2 Å². The van der Waals surface area contributed by atoms with Gasteiger partial charge in [0.05, 0.1) is 12.7 Å². The van der Waals surface area contributed by atoms with Gasteiger partial charge in [0.15, 0.2) is 17.3 Å². The van der Waals surface area contributed by atoms with Crippen LogP contribution in [0.4, 0.5) is 0 Å². The number of hydrogen-bond acceptors (Lipinski definition) is 7. The molecule has 7 heteroatoms. The van der Waals surface area contributed by atoms with Crippen LogP contribution in [0.2, 0.25) is 0 Å². The van der Waals surface area contributed by atoms with E-state index in [4.69, 9.17) is 23.7 Å². The van der Waals surface area contributed by atoms with E-state index >= 15 is 0 Å². The van der Waals surface area contributed by atoms with Crippen LogP contribution in [0.25, 0.3) is 0 Å². The summed E-state index contributed by atoms with van der Waals surface area (Å²) in [5, 5.41) is 19.1. The molecule has 5 rings (SSSR count). The maximum Gasteiger partial charge on any atom is 0.234 e. The van der Waals surface area contributed by atoms with Gasteiger partial charge in [0.2, 0.25) is 12.6 Å². The highest BCUT2D eigenvalue weighted by Gasteiger charge is 2.53. The second kappa shape index (κ2) is 6.07. The topological polar surface area (TPSA) is 86.6 Å². The smallest absolute Gasteiger partial charge is 0.234 e. The second-order valence-corrected chi connectivity index (χ2v) is 7.57. The molecule has 144 valence electrons. The van der Waals surface area contributed by atoms with Gasteiger partial charge in [-0.3, -0.25) is 0 Å². The Morgan fingerprint density at radius 3 is 2.93 bits per heavy atom. The van der Waals surface area contributed by atoms with Crippen LogP contribution in [0.15, 0.2) is 41.9 Å². The SMILES string of the molecule is CC1C2=C(C=CC1C1OCC3(Oc4ccc(O)c(O)c4)CC1CO3)OCO2. The van der Waals surface area contributed by atoms with Crippen molar-refractivity contribution in [3.63, 3.8) is 0 Å². The first-order valence-electron chi connectivity index (χ1n) is 9.19. The quantitative estimate of drug-likeness (QED) is 0.787. The van der Waals surface area contributed by atoms with E-state index in [0.29, 0.717) is 25.4 Å². The fourth-order valence-electron chi connectivity index (χ4n) is 4.47. The highest BCUT2D eigenvalue weighted by atomic mass is 16.7. The number of hydrogen-bond donors (Lipinski definition) is 2. The van der Waals surface area contributed by atoms with Crippen LogP contribution in [-0.4, -0.2) is 42.1 Å². The molecule has 3 aliphatic heterocycles. The maximum atomic E-state index is 9.68. The summed E-state index contributed by atoms with van der Waals surface area (Å²) in [5.41, 5.74) is 0. The fourth-order valence-corrected chi connectivity index (χ4v) is 4.47. The van der Waals surface area contributed by atoms with Gasteiger partial charge in [0, 0.05) is 30.2 Å². The van der Waals surface area contributed by atoms with E-state index in [1.807, 2.05) is 6.08 Å². The molecule has 3 heterocycles. The van der Waals surface area contributed by atoms with Gasteiger partial charge in [-0.2, -0.15) is 0 Å². The number of allylic oxidation sites excluding steroid dienone is 2. The third-order valence-corrected chi connectivity index (χ3v) is 5.86. The standard InChI is InChI=1S/C20H22O7/c1-11-14(3-5-17-18(11)25-10-24-17)19-12-7-20(9-23-19,26-8-12)27-13-2-4-15(21)16(22)6-13/h2-6,11-12,14,19,21-22H,7-10H2,1H3. The lowest BCUT2D eigenvalue weighted by molar-refractivity contribution is -0.206. The first-order chi connectivity index (χ1) is 13.0. The minimum Gasteiger partial charge on any atom is -0.504 e. The van der Waals surface area contributed by atoms with E-state index in [1.165, 1.54) is 12.1 Å². The van der Waals surface area contributed by atoms with Crippen molar-refractivity contribution >= 4 is 0 Å². The van der Waals surface area contributed by atoms with Gasteiger partial charge in [0.1, 0.15) is 18.1 Å². The summed E-state index contributed by atoms with van der Waals surface area (Å²) in [6.07, 6.45) is 4.85. The Hall–Kier alpha value is -2.38. The molecule has 5 atom stereocenters. The molecule has 0 aromatic heterocycles. The fraction of sp³-hybridized carbons (Fsp3) is 0.500. The molecule has 1 aliphatic carbocycles. The number of ether oxygens (including phenoxy) is 5. The zero-order valence-electron chi connectivity index (χ0n) is 15.0. The van der Waals surface area contributed by atoms with E-state index < -0.39 is 5.79 Å². The molecular weight excluding hydrogens is 352 g/mol. The molecule has 0 amide bonds. The summed E-state index contributed by atoms with van der Waals surface area (Å²) in [6, 6.07) is 4.37. The van der Waals surface area contributed by atoms with Crippen molar-refractivity contribution in [2.75, 3.05) is 20.0 Å². The summed E-state index contributed by atoms with van der Waals surface area (Å²) in [4.78, 5) is 0. The molecule has 1 aromatic carbocycles. The molecule has 27 heavy (non-hydrogen) atoms. The predicted molar refractivity (Wildman–Crippen MR) is 92.8 cm³/mol.